The van der Waals surface area contributed by atoms with Crippen LogP contribution in [0.3, 0.4) is 0 Å². The fourth-order valence-corrected chi connectivity index (χ4v) is 0.980. The van der Waals surface area contributed by atoms with E-state index in [9.17, 15) is 9.59 Å². The fraction of sp³-hybridized carbons (Fsp3) is 0.714. The predicted molar refractivity (Wildman–Crippen MR) is 37.9 cm³/mol. The minimum atomic E-state index is -0.625. The Labute approximate surface area is 64.9 Å². The average molecular weight is 157 g/mol. The van der Waals surface area contributed by atoms with Crippen molar-refractivity contribution in [1.82, 2.24) is 5.32 Å². The molecule has 0 aromatic heterocycles. The summed E-state index contributed by atoms with van der Waals surface area (Å²) in [5.74, 6) is -0.307. The van der Waals surface area contributed by atoms with Gasteiger partial charge in [-0.2, -0.15) is 0 Å². The SMILES string of the molecule is CC[C@H](C)C1NC(=O)OC1=O. The molecule has 1 fully saturated rings. The molecule has 0 aliphatic carbocycles. The Morgan fingerprint density at radius 2 is 2.27 bits per heavy atom. The molecule has 1 aliphatic heterocycles. The first-order valence-electron chi connectivity index (χ1n) is 3.67. The summed E-state index contributed by atoms with van der Waals surface area (Å²) >= 11 is 0. The van der Waals surface area contributed by atoms with E-state index >= 15 is 0 Å². The number of hydrogen-bond acceptors (Lipinski definition) is 3. The van der Waals surface area contributed by atoms with Crippen molar-refractivity contribution in [3.8, 4) is 0 Å². The first-order chi connectivity index (χ1) is 5.15. The summed E-state index contributed by atoms with van der Waals surface area (Å²) in [6.45, 7) is 3.86. The Morgan fingerprint density at radius 1 is 1.64 bits per heavy atom. The molecule has 0 aromatic rings. The maximum absolute atomic E-state index is 10.9. The lowest BCUT2D eigenvalue weighted by molar-refractivity contribution is -0.136. The summed E-state index contributed by atoms with van der Waals surface area (Å²) < 4.78 is 4.31. The van der Waals surface area contributed by atoms with Gasteiger partial charge in [-0.15, -0.1) is 0 Å². The van der Waals surface area contributed by atoms with Crippen LogP contribution >= 0.6 is 0 Å². The van der Waals surface area contributed by atoms with Gasteiger partial charge in [-0.05, 0) is 5.92 Å². The van der Waals surface area contributed by atoms with E-state index in [1.807, 2.05) is 13.8 Å². The van der Waals surface area contributed by atoms with Gasteiger partial charge in [-0.1, -0.05) is 20.3 Å². The largest absolute Gasteiger partial charge is 0.415 e. The average Bonchev–Trinajstić information content (AvgIpc) is 2.28. The zero-order valence-corrected chi connectivity index (χ0v) is 6.59. The third-order valence-corrected chi connectivity index (χ3v) is 1.93. The molecule has 0 bridgehead atoms. The standard InChI is InChI=1S/C7H11NO3/c1-3-4(2)5-6(9)11-7(10)8-5/h4-5H,3H2,1-2H3,(H,8,10)/t4-,5?/m0/s1. The highest BCUT2D eigenvalue weighted by molar-refractivity contribution is 5.95. The van der Waals surface area contributed by atoms with Crippen molar-refractivity contribution in [2.24, 2.45) is 5.92 Å². The van der Waals surface area contributed by atoms with Crippen LogP contribution in [0.5, 0.6) is 0 Å². The second-order valence-corrected chi connectivity index (χ2v) is 2.72. The summed E-state index contributed by atoms with van der Waals surface area (Å²) in [6, 6.07) is -0.438. The Hall–Kier alpha value is -1.06. The summed E-state index contributed by atoms with van der Waals surface area (Å²) in [4.78, 5) is 21.4. The third kappa shape index (κ3) is 1.50. The molecule has 1 rings (SSSR count). The van der Waals surface area contributed by atoms with Crippen LogP contribution in [0.1, 0.15) is 20.3 Å². The van der Waals surface area contributed by atoms with Gasteiger partial charge in [0, 0.05) is 0 Å². The lowest BCUT2D eigenvalue weighted by Crippen LogP contribution is -2.34. The highest BCUT2D eigenvalue weighted by Gasteiger charge is 2.35. The quantitative estimate of drug-likeness (QED) is 0.473. The molecule has 1 amide bonds. The number of rotatable bonds is 2. The van der Waals surface area contributed by atoms with Gasteiger partial charge in [0.15, 0.2) is 0 Å². The van der Waals surface area contributed by atoms with Crippen LogP contribution in [0.25, 0.3) is 0 Å². The number of carbonyl (C=O) groups is 2. The molecule has 4 nitrogen and oxygen atoms in total. The van der Waals surface area contributed by atoms with E-state index in [0.29, 0.717) is 0 Å². The highest BCUT2D eigenvalue weighted by atomic mass is 16.6. The fourth-order valence-electron chi connectivity index (χ4n) is 0.980. The van der Waals surface area contributed by atoms with Crippen LogP contribution in [0.15, 0.2) is 0 Å². The molecule has 4 heteroatoms. The van der Waals surface area contributed by atoms with E-state index in [2.05, 4.69) is 10.1 Å². The van der Waals surface area contributed by atoms with Gasteiger partial charge in [0.05, 0.1) is 0 Å². The molecule has 1 aliphatic rings. The Bertz CT molecular complexity index is 190. The third-order valence-electron chi connectivity index (χ3n) is 1.93. The second kappa shape index (κ2) is 2.90. The maximum atomic E-state index is 10.9. The van der Waals surface area contributed by atoms with Gasteiger partial charge in [-0.25, -0.2) is 9.59 Å². The Kier molecular flexibility index (Phi) is 2.12. The first-order valence-corrected chi connectivity index (χ1v) is 3.67. The summed E-state index contributed by atoms with van der Waals surface area (Å²) in [6.07, 6.45) is 0.223. The number of ether oxygens (including phenoxy) is 1. The van der Waals surface area contributed by atoms with Crippen LogP contribution in [0, 0.1) is 5.92 Å². The number of carbonyl (C=O) groups excluding carboxylic acids is 2. The monoisotopic (exact) mass is 157 g/mol. The topological polar surface area (TPSA) is 55.4 Å². The smallest absolute Gasteiger partial charge is 0.375 e. The Morgan fingerprint density at radius 3 is 2.64 bits per heavy atom. The van der Waals surface area contributed by atoms with Gasteiger partial charge in [0.1, 0.15) is 6.04 Å². The highest BCUT2D eigenvalue weighted by Crippen LogP contribution is 2.13. The molecule has 1 unspecified atom stereocenters. The molecule has 1 N–H and O–H groups in total. The number of amides is 1. The second-order valence-electron chi connectivity index (χ2n) is 2.72. The summed E-state index contributed by atoms with van der Waals surface area (Å²) in [5.41, 5.74) is 0. The minimum absolute atomic E-state index is 0.147. The molecular formula is C7H11NO3. The number of nitrogens with one attached hydrogen (secondary N) is 1. The first kappa shape index (κ1) is 8.04. The van der Waals surface area contributed by atoms with Crippen molar-refractivity contribution in [1.29, 1.82) is 0 Å². The van der Waals surface area contributed by atoms with Gasteiger partial charge in [-0.3, -0.25) is 0 Å². The van der Waals surface area contributed by atoms with Crippen molar-refractivity contribution in [3.05, 3.63) is 0 Å². The van der Waals surface area contributed by atoms with E-state index < -0.39 is 18.1 Å². The van der Waals surface area contributed by atoms with E-state index in [0.717, 1.165) is 6.42 Å². The zero-order chi connectivity index (χ0) is 8.43. The van der Waals surface area contributed by atoms with E-state index in [-0.39, 0.29) is 5.92 Å². The van der Waals surface area contributed by atoms with Crippen molar-refractivity contribution >= 4 is 12.1 Å². The van der Waals surface area contributed by atoms with E-state index in [1.54, 1.807) is 0 Å². The normalized spacial score (nSPS) is 26.2. The van der Waals surface area contributed by atoms with Crippen molar-refractivity contribution in [2.75, 3.05) is 0 Å². The van der Waals surface area contributed by atoms with Crippen LogP contribution in [-0.4, -0.2) is 18.1 Å². The van der Waals surface area contributed by atoms with Gasteiger partial charge >= 0.3 is 12.1 Å². The maximum Gasteiger partial charge on any atom is 0.415 e. The molecule has 1 heterocycles. The molecule has 11 heavy (non-hydrogen) atoms. The molecule has 0 radical (unpaired) electrons. The molecule has 0 spiro atoms. The molecule has 0 saturated carbocycles. The van der Waals surface area contributed by atoms with Crippen LogP contribution < -0.4 is 5.32 Å². The Balaban J connectivity index is 2.59. The molecule has 1 saturated heterocycles. The van der Waals surface area contributed by atoms with Gasteiger partial charge < -0.3 is 10.1 Å². The lowest BCUT2D eigenvalue weighted by Gasteiger charge is -2.11. The van der Waals surface area contributed by atoms with Crippen LogP contribution in [0.4, 0.5) is 4.79 Å². The van der Waals surface area contributed by atoms with Crippen molar-refractivity contribution in [2.45, 2.75) is 26.3 Å². The molecule has 62 valence electrons. The number of cyclic esters (lactones) is 2. The predicted octanol–water partition coefficient (Wildman–Crippen LogP) is 0.667. The minimum Gasteiger partial charge on any atom is -0.375 e. The van der Waals surface area contributed by atoms with Crippen LogP contribution in [0.2, 0.25) is 0 Å². The molecule has 0 aromatic carbocycles. The molecule has 2 atom stereocenters. The summed E-state index contributed by atoms with van der Waals surface area (Å²) in [5, 5.41) is 2.44. The van der Waals surface area contributed by atoms with Gasteiger partial charge in [0.2, 0.25) is 0 Å². The van der Waals surface area contributed by atoms with E-state index in [1.165, 1.54) is 0 Å². The zero-order valence-electron chi connectivity index (χ0n) is 6.59. The van der Waals surface area contributed by atoms with Gasteiger partial charge in [0.25, 0.3) is 0 Å². The van der Waals surface area contributed by atoms with Crippen molar-refractivity contribution in [3.63, 3.8) is 0 Å². The van der Waals surface area contributed by atoms with E-state index in [4.69, 9.17) is 0 Å². The number of hydrogen-bond donors (Lipinski definition) is 1. The summed E-state index contributed by atoms with van der Waals surface area (Å²) in [7, 11) is 0. The van der Waals surface area contributed by atoms with Crippen molar-refractivity contribution < 1.29 is 14.3 Å². The number of alkyl carbamates (subject to hydrolysis) is 1. The number of esters is 1. The lowest BCUT2D eigenvalue weighted by atomic mass is 10.0. The van der Waals surface area contributed by atoms with Crippen LogP contribution in [-0.2, 0) is 9.53 Å². The molecular weight excluding hydrogens is 146 g/mol.